The summed E-state index contributed by atoms with van der Waals surface area (Å²) in [5.41, 5.74) is 12.5. The number of anilines is 3. The van der Waals surface area contributed by atoms with Crippen molar-refractivity contribution in [2.45, 2.75) is 13.0 Å². The van der Waals surface area contributed by atoms with Crippen LogP contribution in [0, 0.1) is 6.92 Å². The highest BCUT2D eigenvalue weighted by molar-refractivity contribution is 7.10. The molecule has 9 nitrogen and oxygen atoms in total. The number of nitrogens with one attached hydrogen (secondary N) is 2. The van der Waals surface area contributed by atoms with Gasteiger partial charge in [-0.3, -0.25) is 9.59 Å². The second kappa shape index (κ2) is 7.70. The van der Waals surface area contributed by atoms with E-state index in [0.717, 1.165) is 10.7 Å². The number of amides is 2. The lowest BCUT2D eigenvalue weighted by atomic mass is 10.2. The van der Waals surface area contributed by atoms with Gasteiger partial charge >= 0.3 is 0 Å². The fourth-order valence-corrected chi connectivity index (χ4v) is 2.63. The predicted octanol–water partition coefficient (Wildman–Crippen LogP) is 0.601. The first-order valence-electron chi connectivity index (χ1n) is 6.95. The van der Waals surface area contributed by atoms with E-state index in [4.69, 9.17) is 16.2 Å². The summed E-state index contributed by atoms with van der Waals surface area (Å²) in [6.45, 7) is 1.96. The highest BCUT2D eigenvalue weighted by Gasteiger charge is 2.17. The molecule has 0 bridgehead atoms. The Kier molecular flexibility index (Phi) is 5.66. The van der Waals surface area contributed by atoms with Crippen molar-refractivity contribution < 1.29 is 14.3 Å². The predicted molar refractivity (Wildman–Crippen MR) is 91.4 cm³/mol. The lowest BCUT2D eigenvalue weighted by molar-refractivity contribution is -0.119. The summed E-state index contributed by atoms with van der Waals surface area (Å²) >= 11 is 1.24. The minimum absolute atomic E-state index is 0.0777. The van der Waals surface area contributed by atoms with Crippen LogP contribution in [0.25, 0.3) is 0 Å². The Morgan fingerprint density at radius 3 is 2.67 bits per heavy atom. The molecule has 2 rings (SSSR count). The SMILES string of the molecule is COC[C@@H](Nc1cnc(C(N)=O)c(Nc2cc(C)ns2)c1)C(N)=O. The molecular weight excluding hydrogens is 332 g/mol. The summed E-state index contributed by atoms with van der Waals surface area (Å²) in [5, 5.41) is 6.70. The average Bonchev–Trinajstić information content (AvgIpc) is 2.91. The number of hydrogen-bond acceptors (Lipinski definition) is 8. The molecule has 10 heteroatoms. The van der Waals surface area contributed by atoms with Gasteiger partial charge in [0.15, 0.2) is 5.69 Å². The van der Waals surface area contributed by atoms with E-state index in [9.17, 15) is 9.59 Å². The van der Waals surface area contributed by atoms with Gasteiger partial charge in [-0.15, -0.1) is 0 Å². The average molecular weight is 350 g/mol. The molecule has 1 atom stereocenters. The van der Waals surface area contributed by atoms with Gasteiger partial charge in [0, 0.05) is 7.11 Å². The summed E-state index contributed by atoms with van der Waals surface area (Å²) in [6.07, 6.45) is 1.40. The summed E-state index contributed by atoms with van der Waals surface area (Å²) < 4.78 is 9.10. The van der Waals surface area contributed by atoms with Gasteiger partial charge in [-0.2, -0.15) is 4.37 Å². The van der Waals surface area contributed by atoms with Gasteiger partial charge in [0.1, 0.15) is 11.0 Å². The summed E-state index contributed by atoms with van der Waals surface area (Å²) in [5.74, 6) is -1.24. The van der Waals surface area contributed by atoms with Crippen LogP contribution in [0.15, 0.2) is 18.3 Å². The van der Waals surface area contributed by atoms with E-state index in [1.807, 2.05) is 13.0 Å². The van der Waals surface area contributed by atoms with Crippen LogP contribution in [-0.4, -0.2) is 40.9 Å². The third-order valence-electron chi connectivity index (χ3n) is 3.02. The van der Waals surface area contributed by atoms with E-state index >= 15 is 0 Å². The largest absolute Gasteiger partial charge is 0.382 e. The highest BCUT2D eigenvalue weighted by atomic mass is 32.1. The molecule has 24 heavy (non-hydrogen) atoms. The standard InChI is InChI=1S/C14H18N6O3S/c1-7-3-11(24-20-7)19-9-4-8(5-17-12(9)14(16)22)18-10(6-23-2)13(15)21/h3-5,10,18-19H,6H2,1-2H3,(H2,15,21)(H2,16,22)/t10-/m1/s1. The molecule has 128 valence electrons. The van der Waals surface area contributed by atoms with E-state index < -0.39 is 17.9 Å². The number of pyridine rings is 1. The molecular formula is C14H18N6O3S. The molecule has 2 aromatic rings. The lowest BCUT2D eigenvalue weighted by Gasteiger charge is -2.17. The number of rotatable bonds is 8. The smallest absolute Gasteiger partial charge is 0.269 e. The minimum Gasteiger partial charge on any atom is -0.382 e. The maximum atomic E-state index is 11.6. The van der Waals surface area contributed by atoms with E-state index in [1.54, 1.807) is 6.07 Å². The zero-order valence-electron chi connectivity index (χ0n) is 13.2. The number of nitrogens with zero attached hydrogens (tertiary/aromatic N) is 2. The zero-order valence-corrected chi connectivity index (χ0v) is 14.0. The molecule has 0 spiro atoms. The minimum atomic E-state index is -0.727. The number of ether oxygens (including phenoxy) is 1. The number of hydrogen-bond donors (Lipinski definition) is 4. The van der Waals surface area contributed by atoms with Crippen molar-refractivity contribution in [1.82, 2.24) is 9.36 Å². The molecule has 0 unspecified atom stereocenters. The van der Waals surface area contributed by atoms with Crippen LogP contribution >= 0.6 is 11.5 Å². The number of primary amides is 2. The molecule has 0 aliphatic rings. The Balaban J connectivity index is 2.29. The van der Waals surface area contributed by atoms with Gasteiger partial charge in [0.2, 0.25) is 5.91 Å². The number of nitrogens with two attached hydrogens (primary N) is 2. The molecule has 0 radical (unpaired) electrons. The number of aryl methyl sites for hydroxylation is 1. The van der Waals surface area contributed by atoms with Gasteiger partial charge in [-0.05, 0) is 30.6 Å². The Bertz CT molecular complexity index is 748. The van der Waals surface area contributed by atoms with Gasteiger partial charge in [0.25, 0.3) is 5.91 Å². The van der Waals surface area contributed by atoms with Crippen LogP contribution in [-0.2, 0) is 9.53 Å². The normalized spacial score (nSPS) is 11.8. The van der Waals surface area contributed by atoms with Crippen LogP contribution in [0.3, 0.4) is 0 Å². The fraction of sp³-hybridized carbons (Fsp3) is 0.286. The van der Waals surface area contributed by atoms with Crippen molar-refractivity contribution in [3.05, 3.63) is 29.7 Å². The van der Waals surface area contributed by atoms with E-state index in [2.05, 4.69) is 20.0 Å². The van der Waals surface area contributed by atoms with Crippen molar-refractivity contribution in [2.24, 2.45) is 11.5 Å². The van der Waals surface area contributed by atoms with Gasteiger partial charge < -0.3 is 26.8 Å². The summed E-state index contributed by atoms with van der Waals surface area (Å²) in [6, 6.07) is 2.72. The molecule has 0 saturated heterocycles. The first kappa shape index (κ1) is 17.6. The van der Waals surface area contributed by atoms with Crippen LogP contribution in [0.4, 0.5) is 16.4 Å². The first-order valence-corrected chi connectivity index (χ1v) is 7.73. The molecule has 2 amide bonds. The van der Waals surface area contributed by atoms with Gasteiger partial charge in [0.05, 0.1) is 29.9 Å². The van der Waals surface area contributed by atoms with Gasteiger partial charge in [-0.1, -0.05) is 0 Å². The maximum Gasteiger partial charge on any atom is 0.269 e. The van der Waals surface area contributed by atoms with Crippen molar-refractivity contribution >= 4 is 39.7 Å². The first-order chi connectivity index (χ1) is 11.4. The van der Waals surface area contributed by atoms with Crippen LogP contribution in [0.5, 0.6) is 0 Å². The fourth-order valence-electron chi connectivity index (χ4n) is 1.95. The molecule has 2 aromatic heterocycles. The van der Waals surface area contributed by atoms with Gasteiger partial charge in [-0.25, -0.2) is 4.98 Å². The topological polar surface area (TPSA) is 145 Å². The van der Waals surface area contributed by atoms with Crippen molar-refractivity contribution in [3.63, 3.8) is 0 Å². The van der Waals surface area contributed by atoms with Crippen molar-refractivity contribution in [2.75, 3.05) is 24.4 Å². The van der Waals surface area contributed by atoms with Crippen LogP contribution in [0.2, 0.25) is 0 Å². The third kappa shape index (κ3) is 4.40. The molecule has 0 saturated carbocycles. The van der Waals surface area contributed by atoms with E-state index in [-0.39, 0.29) is 12.3 Å². The summed E-state index contributed by atoms with van der Waals surface area (Å²) in [7, 11) is 1.46. The Labute approximate surface area is 142 Å². The second-order valence-corrected chi connectivity index (χ2v) is 5.80. The number of aromatic nitrogens is 2. The summed E-state index contributed by atoms with van der Waals surface area (Å²) in [4.78, 5) is 27.0. The van der Waals surface area contributed by atoms with Crippen LogP contribution in [0.1, 0.15) is 16.2 Å². The number of carbonyl (C=O) groups is 2. The second-order valence-electron chi connectivity index (χ2n) is 5.00. The lowest BCUT2D eigenvalue weighted by Crippen LogP contribution is -2.39. The van der Waals surface area contributed by atoms with E-state index in [1.165, 1.54) is 24.8 Å². The highest BCUT2D eigenvalue weighted by Crippen LogP contribution is 2.26. The quantitative estimate of drug-likeness (QED) is 0.545. The Morgan fingerprint density at radius 1 is 1.38 bits per heavy atom. The third-order valence-corrected chi connectivity index (χ3v) is 3.82. The van der Waals surface area contributed by atoms with E-state index in [0.29, 0.717) is 11.4 Å². The Hall–Kier alpha value is -2.72. The molecule has 0 aliphatic heterocycles. The molecule has 0 aromatic carbocycles. The molecule has 0 aliphatic carbocycles. The molecule has 2 heterocycles. The van der Waals surface area contributed by atoms with Crippen molar-refractivity contribution in [3.8, 4) is 0 Å². The molecule has 0 fully saturated rings. The maximum absolute atomic E-state index is 11.6. The molecule has 6 N–H and O–H groups in total. The van der Waals surface area contributed by atoms with Crippen LogP contribution < -0.4 is 22.1 Å². The monoisotopic (exact) mass is 350 g/mol. The Morgan fingerprint density at radius 2 is 2.12 bits per heavy atom. The number of carbonyl (C=O) groups excluding carboxylic acids is 2. The number of methoxy groups -OCH3 is 1. The zero-order chi connectivity index (χ0) is 17.7. The van der Waals surface area contributed by atoms with Crippen molar-refractivity contribution in [1.29, 1.82) is 0 Å².